The maximum atomic E-state index is 10.7. The van der Waals surface area contributed by atoms with Gasteiger partial charge in [0.15, 0.2) is 0 Å². The van der Waals surface area contributed by atoms with Gasteiger partial charge in [-0.05, 0) is 6.08 Å². The lowest BCUT2D eigenvalue weighted by Crippen LogP contribution is -2.50. The van der Waals surface area contributed by atoms with E-state index in [9.17, 15) is 4.79 Å². The third-order valence-electron chi connectivity index (χ3n) is 1.20. The topological polar surface area (TPSA) is 41.1 Å². The second-order valence-corrected chi connectivity index (χ2v) is 3.42. The number of amides is 1. The molecule has 0 spiro atoms. The molecule has 0 aliphatic rings. The summed E-state index contributed by atoms with van der Waals surface area (Å²) >= 11 is 0. The second kappa shape index (κ2) is 4.90. The fourth-order valence-electron chi connectivity index (χ4n) is 0.649. The number of quaternary nitrogens is 1. The normalized spacial score (nSPS) is 10.9. The van der Waals surface area contributed by atoms with Gasteiger partial charge in [0, 0.05) is 6.54 Å². The minimum atomic E-state index is -0.127. The van der Waals surface area contributed by atoms with Gasteiger partial charge in [-0.2, -0.15) is 5.43 Å². The van der Waals surface area contributed by atoms with Crippen molar-refractivity contribution in [3.8, 4) is 0 Å². The van der Waals surface area contributed by atoms with Crippen LogP contribution < -0.4 is 10.7 Å². The molecule has 0 saturated heterocycles. The minimum absolute atomic E-state index is 0.127. The average molecular weight is 172 g/mol. The van der Waals surface area contributed by atoms with Crippen LogP contribution in [0.1, 0.15) is 0 Å². The first-order chi connectivity index (χ1) is 5.45. The van der Waals surface area contributed by atoms with E-state index in [1.807, 2.05) is 21.1 Å². The molecule has 0 aliphatic heterocycles. The van der Waals surface area contributed by atoms with Gasteiger partial charge in [-0.1, -0.05) is 6.58 Å². The summed E-state index contributed by atoms with van der Waals surface area (Å²) in [5, 5.41) is 2.68. The van der Waals surface area contributed by atoms with Crippen molar-refractivity contribution in [1.82, 2.24) is 10.7 Å². The Hall–Kier alpha value is -0.870. The highest BCUT2D eigenvalue weighted by molar-refractivity contribution is 5.86. The average Bonchev–Trinajstić information content (AvgIpc) is 1.96. The Morgan fingerprint density at radius 2 is 2.00 bits per heavy atom. The van der Waals surface area contributed by atoms with Crippen LogP contribution in [-0.4, -0.2) is 44.7 Å². The van der Waals surface area contributed by atoms with Crippen LogP contribution in [0.25, 0.3) is 0 Å². The van der Waals surface area contributed by atoms with Gasteiger partial charge in [-0.25, -0.2) is 0 Å². The Morgan fingerprint density at radius 1 is 1.42 bits per heavy atom. The van der Waals surface area contributed by atoms with Gasteiger partial charge in [-0.3, -0.25) is 9.39 Å². The van der Waals surface area contributed by atoms with Crippen LogP contribution in [0.5, 0.6) is 0 Å². The van der Waals surface area contributed by atoms with Gasteiger partial charge < -0.3 is 5.32 Å². The van der Waals surface area contributed by atoms with Gasteiger partial charge in [0.1, 0.15) is 0 Å². The predicted molar refractivity (Wildman–Crippen MR) is 49.2 cm³/mol. The molecule has 0 bridgehead atoms. The van der Waals surface area contributed by atoms with Gasteiger partial charge in [0.25, 0.3) is 0 Å². The molecule has 4 nitrogen and oxygen atoms in total. The van der Waals surface area contributed by atoms with E-state index in [1.54, 1.807) is 0 Å². The molecule has 12 heavy (non-hydrogen) atoms. The van der Waals surface area contributed by atoms with Crippen LogP contribution in [0.15, 0.2) is 12.7 Å². The smallest absolute Gasteiger partial charge is 0.243 e. The largest absolute Gasteiger partial charge is 0.351 e. The molecular formula is C8H18N3O+. The van der Waals surface area contributed by atoms with Crippen LogP contribution in [0.2, 0.25) is 0 Å². The Morgan fingerprint density at radius 3 is 2.42 bits per heavy atom. The molecule has 0 saturated carbocycles. The second-order valence-electron chi connectivity index (χ2n) is 3.42. The number of nitrogens with zero attached hydrogens (tertiary/aromatic N) is 1. The number of rotatable bonds is 5. The minimum Gasteiger partial charge on any atom is -0.351 e. The number of nitrogens with one attached hydrogen (secondary N) is 2. The van der Waals surface area contributed by atoms with E-state index in [0.717, 1.165) is 6.54 Å². The van der Waals surface area contributed by atoms with E-state index in [4.69, 9.17) is 0 Å². The Kier molecular flexibility index (Phi) is 4.54. The molecule has 0 aliphatic carbocycles. The summed E-state index contributed by atoms with van der Waals surface area (Å²) < 4.78 is 0.684. The molecule has 0 heterocycles. The molecule has 0 unspecified atom stereocenters. The number of carbonyl (C=O) groups excluding carboxylic acids is 1. The highest BCUT2D eigenvalue weighted by atomic mass is 16.1. The zero-order valence-electron chi connectivity index (χ0n) is 8.05. The van der Waals surface area contributed by atoms with Crippen molar-refractivity contribution in [2.75, 3.05) is 34.2 Å². The van der Waals surface area contributed by atoms with E-state index in [1.165, 1.54) is 6.08 Å². The summed E-state index contributed by atoms with van der Waals surface area (Å²) in [6.45, 7) is 4.73. The summed E-state index contributed by atoms with van der Waals surface area (Å²) in [6.07, 6.45) is 1.27. The van der Waals surface area contributed by atoms with Crippen molar-refractivity contribution < 1.29 is 9.39 Å². The maximum Gasteiger partial charge on any atom is 0.243 e. The summed E-state index contributed by atoms with van der Waals surface area (Å²) in [6, 6.07) is 0. The first kappa shape index (κ1) is 11.1. The van der Waals surface area contributed by atoms with Crippen LogP contribution in [0.3, 0.4) is 0 Å². The number of hydrogen-bond donors (Lipinski definition) is 2. The lowest BCUT2D eigenvalue weighted by molar-refractivity contribution is -0.915. The quantitative estimate of drug-likeness (QED) is 0.254. The molecule has 0 rings (SSSR count). The highest BCUT2D eigenvalue weighted by Gasteiger charge is 2.04. The van der Waals surface area contributed by atoms with Crippen LogP contribution in [0, 0.1) is 0 Å². The fraction of sp³-hybridized carbons (Fsp3) is 0.625. The highest BCUT2D eigenvalue weighted by Crippen LogP contribution is 1.78. The van der Waals surface area contributed by atoms with Gasteiger partial charge >= 0.3 is 0 Å². The fourth-order valence-corrected chi connectivity index (χ4v) is 0.649. The predicted octanol–water partition coefficient (Wildman–Crippen LogP) is -0.501. The Balaban J connectivity index is 3.34. The van der Waals surface area contributed by atoms with Crippen molar-refractivity contribution in [3.63, 3.8) is 0 Å². The van der Waals surface area contributed by atoms with Crippen LogP contribution in [0.4, 0.5) is 0 Å². The number of carbonyl (C=O) groups is 1. The van der Waals surface area contributed by atoms with E-state index in [2.05, 4.69) is 17.3 Å². The summed E-state index contributed by atoms with van der Waals surface area (Å²) in [7, 11) is 6.07. The summed E-state index contributed by atoms with van der Waals surface area (Å²) in [5.74, 6) is -0.127. The first-order valence-corrected chi connectivity index (χ1v) is 3.92. The zero-order valence-corrected chi connectivity index (χ0v) is 8.05. The van der Waals surface area contributed by atoms with E-state index in [-0.39, 0.29) is 5.91 Å². The van der Waals surface area contributed by atoms with Crippen molar-refractivity contribution in [1.29, 1.82) is 0 Å². The zero-order chi connectivity index (χ0) is 9.61. The SMILES string of the molecule is C=CC(=O)NCCN[N+](C)(C)C. The molecule has 2 N–H and O–H groups in total. The molecule has 0 radical (unpaired) electrons. The monoisotopic (exact) mass is 172 g/mol. The third kappa shape index (κ3) is 7.24. The van der Waals surface area contributed by atoms with E-state index < -0.39 is 0 Å². The third-order valence-corrected chi connectivity index (χ3v) is 1.20. The molecular weight excluding hydrogens is 154 g/mol. The molecule has 4 heteroatoms. The standard InChI is InChI=1S/C8H17N3O/c1-5-8(12)9-6-7-10-11(2,3)4/h5,10H,1,6-7H2,2-4H3/p+1. The van der Waals surface area contributed by atoms with E-state index in [0.29, 0.717) is 11.1 Å². The maximum absolute atomic E-state index is 10.7. The van der Waals surface area contributed by atoms with E-state index >= 15 is 0 Å². The molecule has 0 atom stereocenters. The number of hydrogen-bond acceptors (Lipinski definition) is 2. The van der Waals surface area contributed by atoms with Crippen LogP contribution >= 0.6 is 0 Å². The lowest BCUT2D eigenvalue weighted by atomic mass is 10.5. The summed E-state index contributed by atoms with van der Waals surface area (Å²) in [5.41, 5.74) is 3.19. The molecule has 1 amide bonds. The van der Waals surface area contributed by atoms with Crippen molar-refractivity contribution in [2.45, 2.75) is 0 Å². The van der Waals surface area contributed by atoms with Gasteiger partial charge in [0.2, 0.25) is 5.91 Å². The summed E-state index contributed by atoms with van der Waals surface area (Å²) in [4.78, 5) is 10.7. The van der Waals surface area contributed by atoms with Crippen molar-refractivity contribution >= 4 is 5.91 Å². The first-order valence-electron chi connectivity index (χ1n) is 3.92. The van der Waals surface area contributed by atoms with Gasteiger partial charge in [-0.15, -0.1) is 0 Å². The lowest BCUT2D eigenvalue weighted by Gasteiger charge is -2.23. The van der Waals surface area contributed by atoms with Gasteiger partial charge in [0.05, 0.1) is 27.7 Å². The molecule has 0 aromatic heterocycles. The molecule has 0 fully saturated rings. The Bertz CT molecular complexity index is 160. The van der Waals surface area contributed by atoms with Crippen LogP contribution in [-0.2, 0) is 4.79 Å². The molecule has 70 valence electrons. The molecule has 0 aromatic carbocycles. The van der Waals surface area contributed by atoms with Crippen molar-refractivity contribution in [2.24, 2.45) is 0 Å². The Labute approximate surface area is 73.8 Å². The van der Waals surface area contributed by atoms with Crippen molar-refractivity contribution in [3.05, 3.63) is 12.7 Å². The molecule has 0 aromatic rings.